The van der Waals surface area contributed by atoms with Gasteiger partial charge in [0.2, 0.25) is 17.5 Å². The number of benzene rings is 1. The van der Waals surface area contributed by atoms with Crippen LogP contribution in [-0.2, 0) is 4.74 Å². The van der Waals surface area contributed by atoms with Gasteiger partial charge in [0.15, 0.2) is 5.69 Å². The molecule has 24 heavy (non-hydrogen) atoms. The maximum absolute atomic E-state index is 12.2. The van der Waals surface area contributed by atoms with Gasteiger partial charge in [-0.25, -0.2) is 4.79 Å². The number of carbonyl (C=O) groups is 2. The third kappa shape index (κ3) is 3.14. The lowest BCUT2D eigenvalue weighted by Gasteiger charge is -2.03. The van der Waals surface area contributed by atoms with Gasteiger partial charge in [0.05, 0.1) is 7.11 Å². The smallest absolute Gasteiger partial charge is 0.376 e. The molecule has 1 aromatic carbocycles. The van der Waals surface area contributed by atoms with Gasteiger partial charge in [-0.3, -0.25) is 4.79 Å². The third-order valence-corrected chi connectivity index (χ3v) is 3.04. The fourth-order valence-corrected chi connectivity index (χ4v) is 1.93. The summed E-state index contributed by atoms with van der Waals surface area (Å²) in [5.74, 6) is -0.541. The summed E-state index contributed by atoms with van der Waals surface area (Å²) >= 11 is 0. The first-order chi connectivity index (χ1) is 11.6. The summed E-state index contributed by atoms with van der Waals surface area (Å²) in [6.45, 7) is 1.69. The predicted octanol–water partition coefficient (Wildman–Crippen LogP) is 2.07. The van der Waals surface area contributed by atoms with Gasteiger partial charge >= 0.3 is 5.97 Å². The van der Waals surface area contributed by atoms with Gasteiger partial charge in [0.1, 0.15) is 0 Å². The number of methoxy groups -OCH3 is 1. The van der Waals surface area contributed by atoms with Crippen LogP contribution in [0.5, 0.6) is 0 Å². The highest BCUT2D eigenvalue weighted by Gasteiger charge is 2.18. The van der Waals surface area contributed by atoms with Crippen LogP contribution in [0, 0.1) is 6.92 Å². The lowest BCUT2D eigenvalue weighted by molar-refractivity contribution is 0.0554. The molecule has 3 rings (SSSR count). The Labute approximate surface area is 135 Å². The van der Waals surface area contributed by atoms with Crippen molar-refractivity contribution in [2.24, 2.45) is 0 Å². The monoisotopic (exact) mass is 328 g/mol. The number of rotatable bonds is 4. The minimum Gasteiger partial charge on any atom is -0.463 e. The Balaban J connectivity index is 1.77. The van der Waals surface area contributed by atoms with E-state index < -0.39 is 11.9 Å². The SMILES string of the molecule is COC(=O)c1cc(C(=O)Nc2cccc(-c3noc(C)n3)c2)no1. The number of aromatic nitrogens is 3. The fraction of sp³-hybridized carbons (Fsp3) is 0.133. The summed E-state index contributed by atoms with van der Waals surface area (Å²) in [5, 5.41) is 10.0. The minimum absolute atomic E-state index is 0.0452. The van der Waals surface area contributed by atoms with Crippen molar-refractivity contribution in [1.29, 1.82) is 0 Å². The molecule has 1 amide bonds. The van der Waals surface area contributed by atoms with Crippen LogP contribution >= 0.6 is 0 Å². The minimum atomic E-state index is -0.712. The number of carbonyl (C=O) groups excluding carboxylic acids is 2. The van der Waals surface area contributed by atoms with Gasteiger partial charge in [-0.15, -0.1) is 0 Å². The van der Waals surface area contributed by atoms with Gasteiger partial charge in [-0.1, -0.05) is 22.4 Å². The highest BCUT2D eigenvalue weighted by Crippen LogP contribution is 2.20. The molecule has 0 saturated heterocycles. The molecule has 0 spiro atoms. The summed E-state index contributed by atoms with van der Waals surface area (Å²) in [5.41, 5.74) is 1.14. The van der Waals surface area contributed by atoms with Crippen molar-refractivity contribution in [2.75, 3.05) is 12.4 Å². The topological polar surface area (TPSA) is 120 Å². The van der Waals surface area contributed by atoms with Gasteiger partial charge in [-0.05, 0) is 12.1 Å². The average Bonchev–Trinajstić information content (AvgIpc) is 3.23. The molecule has 0 fully saturated rings. The number of nitrogens with zero attached hydrogens (tertiary/aromatic N) is 3. The summed E-state index contributed by atoms with van der Waals surface area (Å²) in [7, 11) is 1.20. The van der Waals surface area contributed by atoms with E-state index in [-0.39, 0.29) is 11.5 Å². The number of aryl methyl sites for hydroxylation is 1. The molecule has 122 valence electrons. The summed E-state index contributed by atoms with van der Waals surface area (Å²) in [6, 6.07) is 8.09. The van der Waals surface area contributed by atoms with E-state index in [0.29, 0.717) is 23.0 Å². The standard InChI is InChI=1S/C15H12N4O5/c1-8-16-13(19-23-8)9-4-3-5-10(6-9)17-14(20)11-7-12(24-18-11)15(21)22-2/h3-7H,1-2H3,(H,17,20). The quantitative estimate of drug-likeness (QED) is 0.723. The third-order valence-electron chi connectivity index (χ3n) is 3.04. The normalized spacial score (nSPS) is 10.4. The predicted molar refractivity (Wildman–Crippen MR) is 80.3 cm³/mol. The van der Waals surface area contributed by atoms with Crippen molar-refractivity contribution in [2.45, 2.75) is 6.92 Å². The second kappa shape index (κ2) is 6.32. The number of ether oxygens (including phenoxy) is 1. The molecule has 0 bridgehead atoms. The van der Waals surface area contributed by atoms with E-state index in [2.05, 4.69) is 25.4 Å². The van der Waals surface area contributed by atoms with Gasteiger partial charge < -0.3 is 19.1 Å². The van der Waals surface area contributed by atoms with Crippen molar-refractivity contribution < 1.29 is 23.4 Å². The van der Waals surface area contributed by atoms with Crippen molar-refractivity contribution in [3.63, 3.8) is 0 Å². The van der Waals surface area contributed by atoms with E-state index in [1.54, 1.807) is 31.2 Å². The van der Waals surface area contributed by atoms with Crippen molar-refractivity contribution >= 4 is 17.6 Å². The Morgan fingerprint density at radius 2 is 2.00 bits per heavy atom. The first-order valence-corrected chi connectivity index (χ1v) is 6.84. The van der Waals surface area contributed by atoms with E-state index in [0.717, 1.165) is 0 Å². The van der Waals surface area contributed by atoms with Crippen LogP contribution in [0.25, 0.3) is 11.4 Å². The highest BCUT2D eigenvalue weighted by atomic mass is 16.5. The molecule has 0 aliphatic rings. The van der Waals surface area contributed by atoms with Crippen LogP contribution in [0.4, 0.5) is 5.69 Å². The maximum Gasteiger partial charge on any atom is 0.376 e. The Hall–Kier alpha value is -3.49. The largest absolute Gasteiger partial charge is 0.463 e. The summed E-state index contributed by atoms with van der Waals surface area (Å²) in [4.78, 5) is 27.6. The van der Waals surface area contributed by atoms with Gasteiger partial charge in [0, 0.05) is 24.2 Å². The van der Waals surface area contributed by atoms with E-state index in [9.17, 15) is 9.59 Å². The Kier molecular flexibility index (Phi) is 4.06. The van der Waals surface area contributed by atoms with E-state index in [4.69, 9.17) is 9.05 Å². The zero-order valence-corrected chi connectivity index (χ0v) is 12.8. The van der Waals surface area contributed by atoms with Crippen LogP contribution in [0.1, 0.15) is 26.9 Å². The first kappa shape index (κ1) is 15.4. The number of hydrogen-bond acceptors (Lipinski definition) is 8. The first-order valence-electron chi connectivity index (χ1n) is 6.84. The van der Waals surface area contributed by atoms with Crippen LogP contribution < -0.4 is 5.32 Å². The number of amides is 1. The van der Waals surface area contributed by atoms with Gasteiger partial charge in [-0.2, -0.15) is 4.98 Å². The Morgan fingerprint density at radius 1 is 1.17 bits per heavy atom. The van der Waals surface area contributed by atoms with E-state index in [1.165, 1.54) is 13.2 Å². The molecule has 0 unspecified atom stereocenters. The molecule has 0 radical (unpaired) electrons. The zero-order chi connectivity index (χ0) is 17.1. The molecule has 3 aromatic rings. The number of hydrogen-bond donors (Lipinski definition) is 1. The molecule has 0 aliphatic carbocycles. The summed E-state index contributed by atoms with van der Waals surface area (Å²) < 4.78 is 14.2. The molecule has 1 N–H and O–H groups in total. The number of esters is 1. The van der Waals surface area contributed by atoms with Crippen LogP contribution in [0.2, 0.25) is 0 Å². The van der Waals surface area contributed by atoms with Crippen LogP contribution in [0.3, 0.4) is 0 Å². The molecule has 9 nitrogen and oxygen atoms in total. The average molecular weight is 328 g/mol. The number of anilines is 1. The Bertz CT molecular complexity index is 899. The van der Waals surface area contributed by atoms with Crippen LogP contribution in [0.15, 0.2) is 39.4 Å². The lowest BCUT2D eigenvalue weighted by atomic mass is 10.2. The Morgan fingerprint density at radius 3 is 2.71 bits per heavy atom. The zero-order valence-electron chi connectivity index (χ0n) is 12.8. The van der Waals surface area contributed by atoms with Gasteiger partial charge in [0.25, 0.3) is 5.91 Å². The second-order valence-corrected chi connectivity index (χ2v) is 4.74. The van der Waals surface area contributed by atoms with E-state index >= 15 is 0 Å². The van der Waals surface area contributed by atoms with Crippen LogP contribution in [-0.4, -0.2) is 34.3 Å². The molecular weight excluding hydrogens is 316 g/mol. The van der Waals surface area contributed by atoms with E-state index in [1.807, 2.05) is 0 Å². The molecule has 9 heteroatoms. The van der Waals surface area contributed by atoms with Crippen molar-refractivity contribution in [3.05, 3.63) is 47.7 Å². The molecule has 0 saturated carbocycles. The fourth-order valence-electron chi connectivity index (χ4n) is 1.93. The maximum atomic E-state index is 12.2. The van der Waals surface area contributed by atoms with Crippen molar-refractivity contribution in [3.8, 4) is 11.4 Å². The number of nitrogens with one attached hydrogen (secondary N) is 1. The lowest BCUT2D eigenvalue weighted by Crippen LogP contribution is -2.12. The molecule has 0 aliphatic heterocycles. The van der Waals surface area contributed by atoms with Crippen molar-refractivity contribution in [1.82, 2.24) is 15.3 Å². The molecule has 2 heterocycles. The molecular formula is C15H12N4O5. The summed E-state index contributed by atoms with van der Waals surface area (Å²) in [6.07, 6.45) is 0. The molecule has 2 aromatic heterocycles. The highest BCUT2D eigenvalue weighted by molar-refractivity contribution is 6.04. The second-order valence-electron chi connectivity index (χ2n) is 4.74. The molecule has 0 atom stereocenters.